The first-order valence-corrected chi connectivity index (χ1v) is 8.48. The number of carbonyl (C=O) groups excluding carboxylic acids is 1. The van der Waals surface area contributed by atoms with Crippen LogP contribution in [0.5, 0.6) is 11.5 Å². The normalized spacial score (nSPS) is 17.6. The van der Waals surface area contributed by atoms with Gasteiger partial charge in [-0.2, -0.15) is 0 Å². The van der Waals surface area contributed by atoms with Crippen molar-refractivity contribution < 1.29 is 14.3 Å². The molecule has 0 spiro atoms. The van der Waals surface area contributed by atoms with E-state index in [0.29, 0.717) is 12.2 Å². The largest absolute Gasteiger partial charge is 0.454 e. The standard InChI is InChI=1S/C18H25NO3/c20-16(15-8-9-17-18(13-15)22-14-21-17)7-3-1-4-10-19-11-5-2-6-12-19/h8-9,13H,1-7,10-12,14H2. The molecule has 0 unspecified atom stereocenters. The second kappa shape index (κ2) is 7.63. The number of fused-ring (bicyclic) bond motifs is 1. The van der Waals surface area contributed by atoms with E-state index in [1.807, 2.05) is 12.1 Å². The van der Waals surface area contributed by atoms with E-state index in [0.717, 1.165) is 24.2 Å². The van der Waals surface area contributed by atoms with Crippen LogP contribution in [0.25, 0.3) is 0 Å². The molecule has 0 aromatic heterocycles. The van der Waals surface area contributed by atoms with Crippen molar-refractivity contribution in [3.8, 4) is 11.5 Å². The minimum absolute atomic E-state index is 0.205. The Morgan fingerprint density at radius 2 is 1.82 bits per heavy atom. The molecule has 0 atom stereocenters. The summed E-state index contributed by atoms with van der Waals surface area (Å²) in [6.45, 7) is 3.97. The van der Waals surface area contributed by atoms with Crippen LogP contribution in [0.4, 0.5) is 0 Å². The number of carbonyl (C=O) groups is 1. The average molecular weight is 303 g/mol. The molecule has 0 bridgehead atoms. The zero-order valence-electron chi connectivity index (χ0n) is 13.2. The molecule has 120 valence electrons. The Balaban J connectivity index is 1.35. The Bertz CT molecular complexity index is 509. The maximum Gasteiger partial charge on any atom is 0.231 e. The SMILES string of the molecule is O=C(CCCCCN1CCCCC1)c1ccc2c(c1)OCO2. The third-order valence-corrected chi connectivity index (χ3v) is 4.52. The minimum Gasteiger partial charge on any atom is -0.454 e. The summed E-state index contributed by atoms with van der Waals surface area (Å²) in [4.78, 5) is 14.8. The van der Waals surface area contributed by atoms with Gasteiger partial charge in [0.05, 0.1) is 0 Å². The van der Waals surface area contributed by atoms with Crippen molar-refractivity contribution in [2.24, 2.45) is 0 Å². The van der Waals surface area contributed by atoms with Crippen LogP contribution in [-0.4, -0.2) is 37.1 Å². The molecule has 0 amide bonds. The molecular formula is C18H25NO3. The maximum absolute atomic E-state index is 12.2. The highest BCUT2D eigenvalue weighted by molar-refractivity contribution is 5.96. The number of Topliss-reactive ketones (excluding diaryl/α,β-unsaturated/α-hetero) is 1. The van der Waals surface area contributed by atoms with E-state index in [-0.39, 0.29) is 12.6 Å². The Hall–Kier alpha value is -1.55. The van der Waals surface area contributed by atoms with Crippen molar-refractivity contribution in [2.75, 3.05) is 26.4 Å². The van der Waals surface area contributed by atoms with E-state index in [4.69, 9.17) is 9.47 Å². The van der Waals surface area contributed by atoms with Gasteiger partial charge in [0.2, 0.25) is 6.79 Å². The number of rotatable bonds is 7. The van der Waals surface area contributed by atoms with E-state index in [9.17, 15) is 4.79 Å². The number of likely N-dealkylation sites (tertiary alicyclic amines) is 1. The van der Waals surface area contributed by atoms with E-state index >= 15 is 0 Å². The van der Waals surface area contributed by atoms with Gasteiger partial charge in [-0.25, -0.2) is 0 Å². The van der Waals surface area contributed by atoms with Crippen molar-refractivity contribution in [1.29, 1.82) is 0 Å². The summed E-state index contributed by atoms with van der Waals surface area (Å²) in [5.74, 6) is 1.63. The minimum atomic E-state index is 0.205. The zero-order valence-corrected chi connectivity index (χ0v) is 13.2. The summed E-state index contributed by atoms with van der Waals surface area (Å²) in [6, 6.07) is 5.47. The predicted molar refractivity (Wildman–Crippen MR) is 85.7 cm³/mol. The summed E-state index contributed by atoms with van der Waals surface area (Å²) in [7, 11) is 0. The van der Waals surface area contributed by atoms with E-state index in [2.05, 4.69) is 4.90 Å². The first-order chi connectivity index (χ1) is 10.8. The molecule has 0 N–H and O–H groups in total. The highest BCUT2D eigenvalue weighted by atomic mass is 16.7. The molecule has 2 aliphatic heterocycles. The summed E-state index contributed by atoms with van der Waals surface area (Å²) >= 11 is 0. The first-order valence-electron chi connectivity index (χ1n) is 8.48. The van der Waals surface area contributed by atoms with Gasteiger partial charge in [-0.15, -0.1) is 0 Å². The summed E-state index contributed by atoms with van der Waals surface area (Å²) < 4.78 is 10.6. The van der Waals surface area contributed by atoms with Crippen molar-refractivity contribution in [3.63, 3.8) is 0 Å². The number of benzene rings is 1. The van der Waals surface area contributed by atoms with Crippen LogP contribution >= 0.6 is 0 Å². The summed E-state index contributed by atoms with van der Waals surface area (Å²) in [6.07, 6.45) is 8.02. The van der Waals surface area contributed by atoms with Crippen LogP contribution in [0.2, 0.25) is 0 Å². The highest BCUT2D eigenvalue weighted by Gasteiger charge is 2.16. The van der Waals surface area contributed by atoms with Crippen molar-refractivity contribution in [2.45, 2.75) is 44.9 Å². The zero-order chi connectivity index (χ0) is 15.2. The molecule has 22 heavy (non-hydrogen) atoms. The second-order valence-corrected chi connectivity index (χ2v) is 6.20. The lowest BCUT2D eigenvalue weighted by Gasteiger charge is -2.26. The van der Waals surface area contributed by atoms with E-state index in [1.165, 1.54) is 45.3 Å². The molecule has 0 saturated carbocycles. The lowest BCUT2D eigenvalue weighted by atomic mass is 10.0. The number of piperidine rings is 1. The topological polar surface area (TPSA) is 38.8 Å². The van der Waals surface area contributed by atoms with Gasteiger partial charge in [-0.05, 0) is 63.5 Å². The first kappa shape index (κ1) is 15.3. The fourth-order valence-corrected chi connectivity index (χ4v) is 3.20. The number of hydrogen-bond donors (Lipinski definition) is 0. The van der Waals surface area contributed by atoms with Gasteiger partial charge in [0, 0.05) is 12.0 Å². The molecule has 4 nitrogen and oxygen atoms in total. The molecule has 1 aromatic carbocycles. The average Bonchev–Trinajstić information content (AvgIpc) is 3.03. The summed E-state index contributed by atoms with van der Waals surface area (Å²) in [5, 5.41) is 0. The quantitative estimate of drug-likeness (QED) is 0.569. The van der Waals surface area contributed by atoms with Crippen LogP contribution in [0.3, 0.4) is 0 Å². The second-order valence-electron chi connectivity index (χ2n) is 6.20. The Morgan fingerprint density at radius 3 is 2.68 bits per heavy atom. The molecule has 1 aromatic rings. The van der Waals surface area contributed by atoms with Gasteiger partial charge in [-0.1, -0.05) is 12.8 Å². The van der Waals surface area contributed by atoms with Crippen molar-refractivity contribution >= 4 is 5.78 Å². The van der Waals surface area contributed by atoms with E-state index in [1.54, 1.807) is 6.07 Å². The Kier molecular flexibility index (Phi) is 5.33. The van der Waals surface area contributed by atoms with E-state index < -0.39 is 0 Å². The predicted octanol–water partition coefficient (Wildman–Crippen LogP) is 3.64. The van der Waals surface area contributed by atoms with Crippen molar-refractivity contribution in [3.05, 3.63) is 23.8 Å². The van der Waals surface area contributed by atoms with Crippen LogP contribution in [-0.2, 0) is 0 Å². The molecule has 2 heterocycles. The molecule has 1 saturated heterocycles. The van der Waals surface area contributed by atoms with Gasteiger partial charge >= 0.3 is 0 Å². The number of hydrogen-bond acceptors (Lipinski definition) is 4. The van der Waals surface area contributed by atoms with Crippen LogP contribution in [0, 0.1) is 0 Å². The smallest absolute Gasteiger partial charge is 0.231 e. The monoisotopic (exact) mass is 303 g/mol. The third-order valence-electron chi connectivity index (χ3n) is 4.52. The maximum atomic E-state index is 12.2. The van der Waals surface area contributed by atoms with Crippen molar-refractivity contribution in [1.82, 2.24) is 4.90 Å². The lowest BCUT2D eigenvalue weighted by Crippen LogP contribution is -2.30. The number of ether oxygens (including phenoxy) is 2. The molecule has 0 aliphatic carbocycles. The molecular weight excluding hydrogens is 278 g/mol. The number of ketones is 1. The molecule has 0 radical (unpaired) electrons. The van der Waals surface area contributed by atoms with Gasteiger partial charge in [0.25, 0.3) is 0 Å². The summed E-state index contributed by atoms with van der Waals surface area (Å²) in [5.41, 5.74) is 0.736. The van der Waals surface area contributed by atoms with Crippen LogP contribution in [0.1, 0.15) is 55.3 Å². The molecule has 3 rings (SSSR count). The number of nitrogens with zero attached hydrogens (tertiary/aromatic N) is 1. The van der Waals surface area contributed by atoms with Gasteiger partial charge in [-0.3, -0.25) is 4.79 Å². The Labute approximate surface area is 132 Å². The molecule has 1 fully saturated rings. The third kappa shape index (κ3) is 4.01. The fourth-order valence-electron chi connectivity index (χ4n) is 3.20. The van der Waals surface area contributed by atoms with Crippen LogP contribution < -0.4 is 9.47 Å². The molecule has 2 aliphatic rings. The Morgan fingerprint density at radius 1 is 1.00 bits per heavy atom. The lowest BCUT2D eigenvalue weighted by molar-refractivity contribution is 0.0978. The fraction of sp³-hybridized carbons (Fsp3) is 0.611. The molecule has 4 heteroatoms. The number of unbranched alkanes of at least 4 members (excludes halogenated alkanes) is 2. The van der Waals surface area contributed by atoms with Gasteiger partial charge in [0.1, 0.15) is 0 Å². The van der Waals surface area contributed by atoms with Gasteiger partial charge < -0.3 is 14.4 Å². The van der Waals surface area contributed by atoms with Gasteiger partial charge in [0.15, 0.2) is 17.3 Å². The highest BCUT2D eigenvalue weighted by Crippen LogP contribution is 2.32. The van der Waals surface area contributed by atoms with Crippen LogP contribution in [0.15, 0.2) is 18.2 Å².